The molecule has 0 spiro atoms. The van der Waals surface area contributed by atoms with E-state index < -0.39 is 15.8 Å². The van der Waals surface area contributed by atoms with Crippen molar-refractivity contribution in [2.24, 2.45) is 5.92 Å². The van der Waals surface area contributed by atoms with Gasteiger partial charge in [0, 0.05) is 12.1 Å². The Kier molecular flexibility index (Phi) is 4.49. The first-order valence-electron chi connectivity index (χ1n) is 5.22. The molecule has 0 aromatic carbocycles. The SMILES string of the molecule is CC(=CCNCC1CCS(=O)(=O)C1)C(=O)O. The van der Waals surface area contributed by atoms with E-state index in [1.807, 2.05) is 0 Å². The highest BCUT2D eigenvalue weighted by Gasteiger charge is 2.27. The van der Waals surface area contributed by atoms with Crippen molar-refractivity contribution in [3.63, 3.8) is 0 Å². The molecule has 2 N–H and O–H groups in total. The number of carboxylic acid groups (broad SMARTS) is 1. The molecule has 1 fully saturated rings. The Hall–Kier alpha value is -0.880. The second kappa shape index (κ2) is 5.45. The molecule has 0 aliphatic carbocycles. The fraction of sp³-hybridized carbons (Fsp3) is 0.700. The van der Waals surface area contributed by atoms with Gasteiger partial charge in [-0.05, 0) is 25.8 Å². The Morgan fingerprint density at radius 3 is 2.75 bits per heavy atom. The van der Waals surface area contributed by atoms with Crippen LogP contribution in [0.3, 0.4) is 0 Å². The summed E-state index contributed by atoms with van der Waals surface area (Å²) in [7, 11) is -2.81. The minimum Gasteiger partial charge on any atom is -0.478 e. The molecular formula is C10H17NO4S. The summed E-state index contributed by atoms with van der Waals surface area (Å²) < 4.78 is 22.3. The lowest BCUT2D eigenvalue weighted by Crippen LogP contribution is -2.24. The molecule has 6 heteroatoms. The van der Waals surface area contributed by atoms with Crippen molar-refractivity contribution in [2.75, 3.05) is 24.6 Å². The number of hydrogen-bond acceptors (Lipinski definition) is 4. The second-order valence-electron chi connectivity index (χ2n) is 4.12. The van der Waals surface area contributed by atoms with Crippen molar-refractivity contribution < 1.29 is 18.3 Å². The van der Waals surface area contributed by atoms with Crippen LogP contribution >= 0.6 is 0 Å². The van der Waals surface area contributed by atoms with Crippen LogP contribution < -0.4 is 5.32 Å². The third-order valence-corrected chi connectivity index (χ3v) is 4.49. The van der Waals surface area contributed by atoms with Crippen LogP contribution in [0.2, 0.25) is 0 Å². The lowest BCUT2D eigenvalue weighted by molar-refractivity contribution is -0.132. The smallest absolute Gasteiger partial charge is 0.330 e. The van der Waals surface area contributed by atoms with Gasteiger partial charge in [0.25, 0.3) is 0 Å². The van der Waals surface area contributed by atoms with Gasteiger partial charge in [-0.25, -0.2) is 13.2 Å². The third kappa shape index (κ3) is 4.32. The van der Waals surface area contributed by atoms with E-state index in [4.69, 9.17) is 5.11 Å². The summed E-state index contributed by atoms with van der Waals surface area (Å²) in [6.45, 7) is 2.63. The molecule has 92 valence electrons. The van der Waals surface area contributed by atoms with Crippen LogP contribution in [0.4, 0.5) is 0 Å². The molecule has 0 radical (unpaired) electrons. The molecule has 0 aromatic heterocycles. The second-order valence-corrected chi connectivity index (χ2v) is 6.35. The van der Waals surface area contributed by atoms with E-state index in [0.29, 0.717) is 25.1 Å². The van der Waals surface area contributed by atoms with E-state index in [0.717, 1.165) is 0 Å². The Labute approximate surface area is 95.5 Å². The van der Waals surface area contributed by atoms with Gasteiger partial charge < -0.3 is 10.4 Å². The summed E-state index contributed by atoms with van der Waals surface area (Å²) in [5, 5.41) is 11.6. The number of carbonyl (C=O) groups is 1. The Bertz CT molecular complexity index is 386. The molecule has 0 bridgehead atoms. The van der Waals surface area contributed by atoms with E-state index in [1.54, 1.807) is 6.08 Å². The Morgan fingerprint density at radius 2 is 2.25 bits per heavy atom. The summed E-state index contributed by atoms with van der Waals surface area (Å²) in [6, 6.07) is 0. The number of sulfone groups is 1. The molecule has 1 aliphatic rings. The molecule has 1 unspecified atom stereocenters. The first-order chi connectivity index (χ1) is 7.41. The summed E-state index contributed by atoms with van der Waals surface area (Å²) in [5.74, 6) is -0.223. The number of aliphatic carboxylic acids is 1. The highest BCUT2D eigenvalue weighted by molar-refractivity contribution is 7.91. The van der Waals surface area contributed by atoms with Crippen LogP contribution in [-0.2, 0) is 14.6 Å². The van der Waals surface area contributed by atoms with Gasteiger partial charge in [-0.2, -0.15) is 0 Å². The minimum atomic E-state index is -2.81. The molecule has 1 heterocycles. The van der Waals surface area contributed by atoms with Crippen molar-refractivity contribution in [1.29, 1.82) is 0 Å². The molecule has 5 nitrogen and oxygen atoms in total. The fourth-order valence-corrected chi connectivity index (χ4v) is 3.49. The first-order valence-corrected chi connectivity index (χ1v) is 7.04. The zero-order chi connectivity index (χ0) is 12.2. The molecular weight excluding hydrogens is 230 g/mol. The predicted octanol–water partition coefficient (Wildman–Crippen LogP) is 0.0416. The van der Waals surface area contributed by atoms with E-state index in [2.05, 4.69) is 5.32 Å². The standard InChI is InChI=1S/C10H17NO4S/c1-8(10(12)13)2-4-11-6-9-3-5-16(14,15)7-9/h2,9,11H,3-7H2,1H3,(H,12,13). The molecule has 16 heavy (non-hydrogen) atoms. The highest BCUT2D eigenvalue weighted by Crippen LogP contribution is 2.17. The van der Waals surface area contributed by atoms with E-state index >= 15 is 0 Å². The zero-order valence-electron chi connectivity index (χ0n) is 9.27. The summed E-state index contributed by atoms with van der Waals surface area (Å²) in [6.07, 6.45) is 2.29. The Morgan fingerprint density at radius 1 is 1.56 bits per heavy atom. The molecule has 1 rings (SSSR count). The minimum absolute atomic E-state index is 0.170. The van der Waals surface area contributed by atoms with Gasteiger partial charge in [0.1, 0.15) is 0 Å². The van der Waals surface area contributed by atoms with Crippen molar-refractivity contribution in [1.82, 2.24) is 5.32 Å². The van der Waals surface area contributed by atoms with Gasteiger partial charge in [0.05, 0.1) is 11.5 Å². The summed E-state index contributed by atoms with van der Waals surface area (Å²) in [4.78, 5) is 10.5. The van der Waals surface area contributed by atoms with Gasteiger partial charge in [0.15, 0.2) is 9.84 Å². The molecule has 0 amide bonds. The maximum atomic E-state index is 11.2. The van der Waals surface area contributed by atoms with Gasteiger partial charge in [-0.15, -0.1) is 0 Å². The van der Waals surface area contributed by atoms with Gasteiger partial charge in [-0.3, -0.25) is 0 Å². The number of rotatable bonds is 5. The average molecular weight is 247 g/mol. The maximum Gasteiger partial charge on any atom is 0.330 e. The monoisotopic (exact) mass is 247 g/mol. The normalized spacial score (nSPS) is 24.6. The van der Waals surface area contributed by atoms with Crippen molar-refractivity contribution in [2.45, 2.75) is 13.3 Å². The molecule has 1 saturated heterocycles. The van der Waals surface area contributed by atoms with Crippen LogP contribution in [0, 0.1) is 5.92 Å². The van der Waals surface area contributed by atoms with Crippen molar-refractivity contribution in [3.05, 3.63) is 11.6 Å². The van der Waals surface area contributed by atoms with Crippen LogP contribution in [0.5, 0.6) is 0 Å². The van der Waals surface area contributed by atoms with Crippen LogP contribution in [0.15, 0.2) is 11.6 Å². The number of hydrogen-bond donors (Lipinski definition) is 2. The average Bonchev–Trinajstić information content (AvgIpc) is 2.52. The van der Waals surface area contributed by atoms with Gasteiger partial charge >= 0.3 is 5.97 Å². The van der Waals surface area contributed by atoms with Crippen LogP contribution in [0.1, 0.15) is 13.3 Å². The zero-order valence-corrected chi connectivity index (χ0v) is 10.1. The van der Waals surface area contributed by atoms with E-state index in [1.165, 1.54) is 6.92 Å². The maximum absolute atomic E-state index is 11.2. The van der Waals surface area contributed by atoms with Gasteiger partial charge in [-0.1, -0.05) is 6.08 Å². The topological polar surface area (TPSA) is 83.5 Å². The highest BCUT2D eigenvalue weighted by atomic mass is 32.2. The quantitative estimate of drug-likeness (QED) is 0.529. The van der Waals surface area contributed by atoms with Crippen LogP contribution in [0.25, 0.3) is 0 Å². The fourth-order valence-electron chi connectivity index (χ4n) is 1.63. The summed E-state index contributed by atoms with van der Waals surface area (Å²) >= 11 is 0. The molecule has 1 aliphatic heterocycles. The van der Waals surface area contributed by atoms with Crippen molar-refractivity contribution >= 4 is 15.8 Å². The molecule has 0 saturated carbocycles. The largest absolute Gasteiger partial charge is 0.478 e. The summed E-state index contributed by atoms with van der Waals surface area (Å²) in [5.41, 5.74) is 0.298. The first kappa shape index (κ1) is 13.2. The van der Waals surface area contributed by atoms with E-state index in [-0.39, 0.29) is 17.4 Å². The molecule has 0 aromatic rings. The number of nitrogens with one attached hydrogen (secondary N) is 1. The van der Waals surface area contributed by atoms with Gasteiger partial charge in [0.2, 0.25) is 0 Å². The predicted molar refractivity (Wildman–Crippen MR) is 61.0 cm³/mol. The molecule has 1 atom stereocenters. The number of carboxylic acids is 1. The van der Waals surface area contributed by atoms with Crippen LogP contribution in [-0.4, -0.2) is 44.1 Å². The Balaban J connectivity index is 2.23. The van der Waals surface area contributed by atoms with E-state index in [9.17, 15) is 13.2 Å². The lowest BCUT2D eigenvalue weighted by Gasteiger charge is -2.07. The lowest BCUT2D eigenvalue weighted by atomic mass is 10.1. The van der Waals surface area contributed by atoms with Crippen molar-refractivity contribution in [3.8, 4) is 0 Å². The third-order valence-electron chi connectivity index (χ3n) is 2.65.